The highest BCUT2D eigenvalue weighted by atomic mass is 19.1. The number of nitrogens with two attached hydrogens (primary N) is 1. The molecule has 2 aromatic rings. The quantitative estimate of drug-likeness (QED) is 0.679. The van der Waals surface area contributed by atoms with Crippen molar-refractivity contribution in [1.82, 2.24) is 9.97 Å². The Bertz CT molecular complexity index is 854. The number of aliphatic hydroxyl groups excluding tert-OH is 2. The lowest BCUT2D eigenvalue weighted by atomic mass is 10.1. The van der Waals surface area contributed by atoms with Crippen LogP contribution >= 0.6 is 0 Å². The number of rotatable bonds is 3. The maximum atomic E-state index is 14.6. The average molecular weight is 375 g/mol. The predicted octanol–water partition coefficient (Wildman–Crippen LogP) is -0.101. The Kier molecular flexibility index (Phi) is 4.38. The summed E-state index contributed by atoms with van der Waals surface area (Å²) in [7, 11) is 0. The lowest BCUT2D eigenvalue weighted by molar-refractivity contribution is -0.0221. The zero-order valence-corrected chi connectivity index (χ0v) is 14.1. The lowest BCUT2D eigenvalue weighted by Crippen LogP contribution is -2.45. The van der Waals surface area contributed by atoms with Crippen molar-refractivity contribution in [2.45, 2.75) is 24.6 Å². The van der Waals surface area contributed by atoms with E-state index < -0.39 is 31.2 Å². The van der Waals surface area contributed by atoms with Gasteiger partial charge in [-0.1, -0.05) is 18.2 Å². The number of hydrogen-bond acceptors (Lipinski definition) is 8. The molecule has 0 aliphatic carbocycles. The minimum Gasteiger partial charge on any atom is -0.394 e. The zero-order valence-electron chi connectivity index (χ0n) is 14.1. The van der Waals surface area contributed by atoms with Crippen molar-refractivity contribution in [2.75, 3.05) is 28.8 Å². The zero-order chi connectivity index (χ0) is 19.1. The molecule has 4 atom stereocenters. The minimum atomic E-state index is -1.79. The number of benzene rings is 1. The van der Waals surface area contributed by atoms with Crippen LogP contribution in [0.15, 0.2) is 36.7 Å². The number of carbonyl (C=O) groups is 1. The first-order valence-electron chi connectivity index (χ1n) is 8.35. The Balaban J connectivity index is 1.71. The molecule has 2 aliphatic heterocycles. The van der Waals surface area contributed by atoms with Gasteiger partial charge >= 0.3 is 0 Å². The third-order valence-corrected chi connectivity index (χ3v) is 4.71. The fourth-order valence-corrected chi connectivity index (χ4v) is 3.35. The Morgan fingerprint density at radius 3 is 2.74 bits per heavy atom. The largest absolute Gasteiger partial charge is 0.394 e. The molecule has 2 unspecified atom stereocenters. The summed E-state index contributed by atoms with van der Waals surface area (Å²) < 4.78 is 20.1. The average Bonchev–Trinajstić information content (AvgIpc) is 3.21. The number of nitrogen functional groups attached to an aromatic ring is 1. The normalized spacial score (nSPS) is 27.1. The lowest BCUT2D eigenvalue weighted by Gasteiger charge is -2.26. The number of aliphatic hydroxyl groups is 2. The number of ether oxygens (including phenoxy) is 1. The van der Waals surface area contributed by atoms with E-state index in [1.165, 1.54) is 16.1 Å². The van der Waals surface area contributed by atoms with E-state index in [1.54, 1.807) is 30.3 Å². The van der Waals surface area contributed by atoms with Crippen LogP contribution in [-0.2, 0) is 4.74 Å². The molecule has 10 heteroatoms. The highest BCUT2D eigenvalue weighted by Crippen LogP contribution is 2.42. The van der Waals surface area contributed by atoms with Crippen LogP contribution in [0.4, 0.5) is 21.7 Å². The van der Waals surface area contributed by atoms with E-state index in [1.807, 2.05) is 0 Å². The number of hydrogen-bond donors (Lipinski definition) is 3. The number of nitrogens with zero attached hydrogens (tertiary/aromatic N) is 4. The van der Waals surface area contributed by atoms with Crippen molar-refractivity contribution < 1.29 is 24.1 Å². The monoisotopic (exact) mass is 375 g/mol. The number of amides is 1. The van der Waals surface area contributed by atoms with Gasteiger partial charge in [0.1, 0.15) is 30.9 Å². The van der Waals surface area contributed by atoms with Crippen LogP contribution in [0.2, 0.25) is 0 Å². The first kappa shape index (κ1) is 17.6. The van der Waals surface area contributed by atoms with Gasteiger partial charge in [0.2, 0.25) is 0 Å². The van der Waals surface area contributed by atoms with Gasteiger partial charge in [-0.3, -0.25) is 9.69 Å². The van der Waals surface area contributed by atoms with E-state index >= 15 is 0 Å². The molecule has 142 valence electrons. The Hall–Kier alpha value is -2.82. The van der Waals surface area contributed by atoms with Crippen molar-refractivity contribution in [3.63, 3.8) is 0 Å². The standard InChI is InChI=1S/C17H18FN5O4/c18-11-13(25)10(6-24)27-17(11)23-8-22(12-14(19)20-7-21-15(12)23)16(26)9-4-2-1-3-5-9/h1-5,7,10-11,13,17,24-25H,6,8H2,(H2,19,20,21)/t10-,11?,13?,17-/m1/s1. The predicted molar refractivity (Wildman–Crippen MR) is 93.7 cm³/mol. The molecular formula is C17H18FN5O4. The first-order valence-corrected chi connectivity index (χ1v) is 8.35. The number of anilines is 3. The second-order valence-electron chi connectivity index (χ2n) is 6.32. The molecule has 1 amide bonds. The van der Waals surface area contributed by atoms with Crippen molar-refractivity contribution in [3.8, 4) is 0 Å². The minimum absolute atomic E-state index is 0.0689. The van der Waals surface area contributed by atoms with Crippen LogP contribution < -0.4 is 15.5 Å². The highest BCUT2D eigenvalue weighted by Gasteiger charge is 2.50. The molecule has 0 saturated carbocycles. The fraction of sp³-hybridized carbons (Fsp3) is 0.353. The molecule has 4 N–H and O–H groups in total. The molecule has 0 bridgehead atoms. The maximum absolute atomic E-state index is 14.6. The first-order chi connectivity index (χ1) is 13.0. The summed E-state index contributed by atoms with van der Waals surface area (Å²) in [4.78, 5) is 23.8. The van der Waals surface area contributed by atoms with E-state index in [4.69, 9.17) is 10.5 Å². The van der Waals surface area contributed by atoms with Gasteiger partial charge in [-0.2, -0.15) is 0 Å². The van der Waals surface area contributed by atoms with Gasteiger partial charge in [0.15, 0.2) is 24.0 Å². The van der Waals surface area contributed by atoms with E-state index in [0.29, 0.717) is 5.56 Å². The molecule has 0 radical (unpaired) electrons. The Morgan fingerprint density at radius 2 is 2.07 bits per heavy atom. The van der Waals surface area contributed by atoms with Crippen molar-refractivity contribution >= 4 is 23.2 Å². The number of carbonyl (C=O) groups excluding carboxylic acids is 1. The molecule has 4 rings (SSSR count). The SMILES string of the molecule is Nc1ncnc2c1N(C(=O)c1ccccc1)CN2[C@@H]1O[C@H](CO)C(O)C1F. The van der Waals surface area contributed by atoms with Crippen LogP contribution in [-0.4, -0.2) is 64.0 Å². The van der Waals surface area contributed by atoms with Gasteiger partial charge in [0.25, 0.3) is 5.91 Å². The van der Waals surface area contributed by atoms with Crippen LogP contribution in [0.1, 0.15) is 10.4 Å². The number of aromatic nitrogens is 2. The summed E-state index contributed by atoms with van der Waals surface area (Å²) in [5.74, 6) is -0.0572. The smallest absolute Gasteiger partial charge is 0.259 e. The maximum Gasteiger partial charge on any atom is 0.259 e. The molecule has 27 heavy (non-hydrogen) atoms. The van der Waals surface area contributed by atoms with E-state index in [9.17, 15) is 19.4 Å². The molecule has 2 aliphatic rings. The summed E-state index contributed by atoms with van der Waals surface area (Å²) in [6, 6.07) is 8.55. The summed E-state index contributed by atoms with van der Waals surface area (Å²) in [5.41, 5.74) is 6.63. The van der Waals surface area contributed by atoms with Gasteiger partial charge in [-0.25, -0.2) is 14.4 Å². The summed E-state index contributed by atoms with van der Waals surface area (Å²) in [6.45, 7) is -0.612. The second-order valence-corrected chi connectivity index (χ2v) is 6.32. The summed E-state index contributed by atoms with van der Waals surface area (Å²) in [5, 5.41) is 19.2. The van der Waals surface area contributed by atoms with Gasteiger partial charge in [-0.15, -0.1) is 0 Å². The van der Waals surface area contributed by atoms with Crippen molar-refractivity contribution in [1.29, 1.82) is 0 Å². The van der Waals surface area contributed by atoms with Gasteiger partial charge < -0.3 is 25.6 Å². The third kappa shape index (κ3) is 2.78. The molecule has 1 saturated heterocycles. The topological polar surface area (TPSA) is 125 Å². The van der Waals surface area contributed by atoms with Crippen molar-refractivity contribution in [2.24, 2.45) is 0 Å². The number of fused-ring (bicyclic) bond motifs is 1. The molecular weight excluding hydrogens is 357 g/mol. The van der Waals surface area contributed by atoms with E-state index in [2.05, 4.69) is 9.97 Å². The van der Waals surface area contributed by atoms with Gasteiger partial charge in [-0.05, 0) is 12.1 Å². The van der Waals surface area contributed by atoms with E-state index in [-0.39, 0.29) is 29.9 Å². The summed E-state index contributed by atoms with van der Waals surface area (Å²) >= 11 is 0. The molecule has 1 aromatic heterocycles. The third-order valence-electron chi connectivity index (χ3n) is 4.71. The van der Waals surface area contributed by atoms with Crippen molar-refractivity contribution in [3.05, 3.63) is 42.2 Å². The van der Waals surface area contributed by atoms with Gasteiger partial charge in [0, 0.05) is 5.56 Å². The molecule has 0 spiro atoms. The Morgan fingerprint density at radius 1 is 1.33 bits per heavy atom. The number of alkyl halides is 1. The molecule has 1 aromatic carbocycles. The number of halogens is 1. The molecule has 9 nitrogen and oxygen atoms in total. The highest BCUT2D eigenvalue weighted by molar-refractivity contribution is 6.10. The fourth-order valence-electron chi connectivity index (χ4n) is 3.35. The Labute approximate surface area is 153 Å². The van der Waals surface area contributed by atoms with Crippen LogP contribution in [0, 0.1) is 0 Å². The van der Waals surface area contributed by atoms with E-state index in [0.717, 1.165) is 0 Å². The van der Waals surface area contributed by atoms with Crippen LogP contribution in [0.5, 0.6) is 0 Å². The molecule has 3 heterocycles. The van der Waals surface area contributed by atoms with Gasteiger partial charge in [0.05, 0.1) is 6.61 Å². The summed E-state index contributed by atoms with van der Waals surface area (Å²) in [6.07, 6.45) is -4.36. The molecule has 1 fully saturated rings. The van der Waals surface area contributed by atoms with Crippen LogP contribution in [0.3, 0.4) is 0 Å². The van der Waals surface area contributed by atoms with Crippen LogP contribution in [0.25, 0.3) is 0 Å². The second kappa shape index (κ2) is 6.72.